The van der Waals surface area contributed by atoms with Gasteiger partial charge in [0.05, 0.1) is 6.04 Å². The molecule has 94 valence electrons. The van der Waals surface area contributed by atoms with E-state index in [4.69, 9.17) is 10.9 Å². The number of nitrogens with one attached hydrogen (secondary N) is 2. The number of oxime groups is 1. The van der Waals surface area contributed by atoms with Crippen molar-refractivity contribution in [1.29, 1.82) is 0 Å². The highest BCUT2D eigenvalue weighted by molar-refractivity contribution is 5.89. The van der Waals surface area contributed by atoms with E-state index in [9.17, 15) is 4.79 Å². The van der Waals surface area contributed by atoms with Gasteiger partial charge in [-0.3, -0.25) is 0 Å². The largest absolute Gasteiger partial charge is 0.409 e. The van der Waals surface area contributed by atoms with Crippen LogP contribution < -0.4 is 16.4 Å². The zero-order valence-electron chi connectivity index (χ0n) is 10.4. The lowest BCUT2D eigenvalue weighted by molar-refractivity contribution is 0.229. The summed E-state index contributed by atoms with van der Waals surface area (Å²) in [5, 5.41) is 16.9. The lowest BCUT2D eigenvalue weighted by atomic mass is 10.1. The molecule has 0 aliphatic heterocycles. The molecule has 0 fully saturated rings. The quantitative estimate of drug-likeness (QED) is 0.251. The molecule has 0 saturated heterocycles. The molecule has 6 heteroatoms. The van der Waals surface area contributed by atoms with Gasteiger partial charge in [0.2, 0.25) is 0 Å². The highest BCUT2D eigenvalue weighted by atomic mass is 16.4. The fourth-order valence-corrected chi connectivity index (χ4v) is 1.19. The average molecular weight is 230 g/mol. The van der Waals surface area contributed by atoms with E-state index < -0.39 is 6.04 Å². The molecule has 6 nitrogen and oxygen atoms in total. The number of carbonyl (C=O) groups is 1. The van der Waals surface area contributed by atoms with Crippen LogP contribution in [0.3, 0.4) is 0 Å². The molecule has 0 spiro atoms. The topological polar surface area (TPSA) is 99.7 Å². The molecule has 0 aliphatic rings. The van der Waals surface area contributed by atoms with E-state index >= 15 is 0 Å². The Kier molecular flexibility index (Phi) is 5.63. The van der Waals surface area contributed by atoms with Crippen molar-refractivity contribution in [2.75, 3.05) is 0 Å². The highest BCUT2D eigenvalue weighted by Crippen LogP contribution is 2.00. The van der Waals surface area contributed by atoms with Crippen molar-refractivity contribution in [1.82, 2.24) is 10.6 Å². The second kappa shape index (κ2) is 6.19. The van der Waals surface area contributed by atoms with Crippen LogP contribution in [0, 0.1) is 0 Å². The maximum absolute atomic E-state index is 11.5. The predicted molar refractivity (Wildman–Crippen MR) is 63.5 cm³/mol. The Labute approximate surface area is 96.3 Å². The lowest BCUT2D eigenvalue weighted by Gasteiger charge is -2.23. The number of amides is 2. The standard InChI is InChI=1S/C10H22N4O2/c1-5-6-7(8(11)14-16)12-9(15)13-10(2,3)4/h7,16H,5-6H2,1-4H3,(H2,11,14)(H2,12,13,15). The van der Waals surface area contributed by atoms with Crippen molar-refractivity contribution < 1.29 is 10.0 Å². The van der Waals surface area contributed by atoms with E-state index in [-0.39, 0.29) is 17.4 Å². The van der Waals surface area contributed by atoms with Crippen LogP contribution >= 0.6 is 0 Å². The Morgan fingerprint density at radius 1 is 1.50 bits per heavy atom. The predicted octanol–water partition coefficient (Wildman–Crippen LogP) is 0.999. The molecule has 0 heterocycles. The number of amidine groups is 1. The van der Waals surface area contributed by atoms with Crippen LogP contribution in [0.1, 0.15) is 40.5 Å². The number of hydrogen-bond donors (Lipinski definition) is 4. The van der Waals surface area contributed by atoms with Crippen molar-refractivity contribution in [2.24, 2.45) is 10.9 Å². The van der Waals surface area contributed by atoms with Crippen molar-refractivity contribution in [3.8, 4) is 0 Å². The minimum Gasteiger partial charge on any atom is -0.409 e. The second-order valence-corrected chi connectivity index (χ2v) is 4.71. The fourth-order valence-electron chi connectivity index (χ4n) is 1.19. The first-order valence-corrected chi connectivity index (χ1v) is 5.36. The molecule has 0 aromatic rings. The molecule has 0 radical (unpaired) electrons. The van der Waals surface area contributed by atoms with Crippen LogP contribution in [0.15, 0.2) is 5.16 Å². The van der Waals surface area contributed by atoms with E-state index in [1.54, 1.807) is 0 Å². The van der Waals surface area contributed by atoms with Gasteiger partial charge in [0.25, 0.3) is 0 Å². The minimum atomic E-state index is -0.433. The van der Waals surface area contributed by atoms with Gasteiger partial charge in [-0.1, -0.05) is 18.5 Å². The number of hydrogen-bond acceptors (Lipinski definition) is 3. The molecule has 0 bridgehead atoms. The number of carbonyl (C=O) groups excluding carboxylic acids is 1. The highest BCUT2D eigenvalue weighted by Gasteiger charge is 2.19. The van der Waals surface area contributed by atoms with Gasteiger partial charge in [-0.25, -0.2) is 4.79 Å². The van der Waals surface area contributed by atoms with E-state index in [1.807, 2.05) is 27.7 Å². The SMILES string of the molecule is CCCC(NC(=O)NC(C)(C)C)/C(N)=N/O. The van der Waals surface area contributed by atoms with Gasteiger partial charge in [0.1, 0.15) is 0 Å². The fraction of sp³-hybridized carbons (Fsp3) is 0.800. The van der Waals surface area contributed by atoms with Crippen LogP contribution in [0.2, 0.25) is 0 Å². The Morgan fingerprint density at radius 3 is 2.44 bits per heavy atom. The third-order valence-corrected chi connectivity index (χ3v) is 1.84. The van der Waals surface area contributed by atoms with E-state index in [0.717, 1.165) is 6.42 Å². The normalized spacial score (nSPS) is 14.4. The minimum absolute atomic E-state index is 0.0194. The monoisotopic (exact) mass is 230 g/mol. The third-order valence-electron chi connectivity index (χ3n) is 1.84. The van der Waals surface area contributed by atoms with Crippen molar-refractivity contribution >= 4 is 11.9 Å². The maximum Gasteiger partial charge on any atom is 0.315 e. The molecule has 0 rings (SSSR count). The summed E-state index contributed by atoms with van der Waals surface area (Å²) in [5.41, 5.74) is 5.16. The van der Waals surface area contributed by atoms with Gasteiger partial charge >= 0.3 is 6.03 Å². The average Bonchev–Trinajstić information content (AvgIpc) is 2.13. The molecule has 0 aromatic carbocycles. The summed E-state index contributed by atoms with van der Waals surface area (Å²) in [6.07, 6.45) is 1.46. The number of nitrogens with zero attached hydrogens (tertiary/aromatic N) is 1. The molecule has 1 atom stereocenters. The van der Waals surface area contributed by atoms with E-state index in [0.29, 0.717) is 6.42 Å². The lowest BCUT2D eigenvalue weighted by Crippen LogP contribution is -2.53. The number of urea groups is 1. The Hall–Kier alpha value is -1.46. The van der Waals surface area contributed by atoms with Crippen LogP contribution in [-0.4, -0.2) is 28.7 Å². The zero-order chi connectivity index (χ0) is 12.8. The first-order chi connectivity index (χ1) is 7.30. The summed E-state index contributed by atoms with van der Waals surface area (Å²) in [5.74, 6) is 0.0194. The molecular weight excluding hydrogens is 208 g/mol. The summed E-state index contributed by atoms with van der Waals surface area (Å²) in [7, 11) is 0. The maximum atomic E-state index is 11.5. The van der Waals surface area contributed by atoms with Gasteiger partial charge in [-0.2, -0.15) is 0 Å². The van der Waals surface area contributed by atoms with E-state index in [2.05, 4.69) is 15.8 Å². The number of rotatable bonds is 4. The summed E-state index contributed by atoms with van der Waals surface area (Å²) < 4.78 is 0. The molecule has 1 unspecified atom stereocenters. The first-order valence-electron chi connectivity index (χ1n) is 5.36. The van der Waals surface area contributed by atoms with E-state index in [1.165, 1.54) is 0 Å². The summed E-state index contributed by atoms with van der Waals surface area (Å²) in [6, 6.07) is -0.755. The molecule has 0 saturated carbocycles. The van der Waals surface area contributed by atoms with Crippen LogP contribution in [0.4, 0.5) is 4.79 Å². The zero-order valence-corrected chi connectivity index (χ0v) is 10.4. The molecule has 0 aliphatic carbocycles. The third kappa shape index (κ3) is 6.10. The summed E-state index contributed by atoms with van der Waals surface area (Å²) in [4.78, 5) is 11.5. The van der Waals surface area contributed by atoms with Gasteiger partial charge in [0.15, 0.2) is 5.84 Å². The first kappa shape index (κ1) is 14.5. The molecule has 0 aromatic heterocycles. The molecule has 16 heavy (non-hydrogen) atoms. The Balaban J connectivity index is 4.35. The van der Waals surface area contributed by atoms with Gasteiger partial charge in [0, 0.05) is 5.54 Å². The van der Waals surface area contributed by atoms with Crippen LogP contribution in [0.5, 0.6) is 0 Å². The summed E-state index contributed by atoms with van der Waals surface area (Å²) in [6.45, 7) is 7.60. The summed E-state index contributed by atoms with van der Waals surface area (Å²) >= 11 is 0. The van der Waals surface area contributed by atoms with Crippen LogP contribution in [-0.2, 0) is 0 Å². The van der Waals surface area contributed by atoms with Gasteiger partial charge in [-0.15, -0.1) is 0 Å². The number of nitrogens with two attached hydrogens (primary N) is 1. The second-order valence-electron chi connectivity index (χ2n) is 4.71. The Morgan fingerprint density at radius 2 is 2.06 bits per heavy atom. The van der Waals surface area contributed by atoms with Crippen molar-refractivity contribution in [3.05, 3.63) is 0 Å². The van der Waals surface area contributed by atoms with Crippen molar-refractivity contribution in [3.63, 3.8) is 0 Å². The van der Waals surface area contributed by atoms with Gasteiger partial charge < -0.3 is 21.6 Å². The van der Waals surface area contributed by atoms with Crippen molar-refractivity contribution in [2.45, 2.75) is 52.1 Å². The molecule has 2 amide bonds. The molecule has 5 N–H and O–H groups in total. The van der Waals surface area contributed by atoms with Crippen LogP contribution in [0.25, 0.3) is 0 Å². The van der Waals surface area contributed by atoms with Gasteiger partial charge in [-0.05, 0) is 27.2 Å². The molecular formula is C10H22N4O2. The smallest absolute Gasteiger partial charge is 0.315 e. The Bertz CT molecular complexity index is 258.